The summed E-state index contributed by atoms with van der Waals surface area (Å²) >= 11 is 0. The second-order valence-electron chi connectivity index (χ2n) is 8.86. The molecule has 1 aliphatic heterocycles. The standard InChI is InChI=1S/C29H32N6O4/c1-5-34(6-2)23-16-14-22(15-17-23)32-29(31-20(3)36)27(30-26(37)21-12-18-25(39-4)19-13-21)33-35(28(29)38)24-10-8-7-9-11-24/h7-19,32H,5-6H2,1-4H3,(H,31,36)(H,30,33,37). The number of hydrogen-bond acceptors (Lipinski definition) is 7. The summed E-state index contributed by atoms with van der Waals surface area (Å²) in [6, 6.07) is 22.8. The van der Waals surface area contributed by atoms with Crippen molar-refractivity contribution in [3.8, 4) is 5.75 Å². The Morgan fingerprint density at radius 2 is 1.59 bits per heavy atom. The van der Waals surface area contributed by atoms with E-state index in [-0.39, 0.29) is 5.84 Å². The minimum atomic E-state index is -1.87. The molecule has 1 heterocycles. The zero-order valence-corrected chi connectivity index (χ0v) is 22.4. The van der Waals surface area contributed by atoms with Crippen LogP contribution < -0.4 is 30.6 Å². The Balaban J connectivity index is 1.74. The predicted molar refractivity (Wildman–Crippen MR) is 152 cm³/mol. The van der Waals surface area contributed by atoms with E-state index in [2.05, 4.69) is 39.8 Å². The van der Waals surface area contributed by atoms with E-state index in [1.165, 1.54) is 14.0 Å². The van der Waals surface area contributed by atoms with Crippen LogP contribution >= 0.6 is 0 Å². The van der Waals surface area contributed by atoms with E-state index in [0.29, 0.717) is 22.7 Å². The van der Waals surface area contributed by atoms with E-state index in [4.69, 9.17) is 4.74 Å². The van der Waals surface area contributed by atoms with E-state index in [1.807, 2.05) is 30.3 Å². The molecule has 1 unspecified atom stereocenters. The van der Waals surface area contributed by atoms with Crippen LogP contribution in [0.2, 0.25) is 0 Å². The number of anilines is 3. The van der Waals surface area contributed by atoms with Crippen LogP contribution in [0.1, 0.15) is 31.1 Å². The van der Waals surface area contributed by atoms with Gasteiger partial charge in [-0.3, -0.25) is 14.4 Å². The number of nitrogens with zero attached hydrogens (tertiary/aromatic N) is 3. The number of amidine groups is 1. The van der Waals surface area contributed by atoms with Gasteiger partial charge in [0.05, 0.1) is 12.8 Å². The number of benzene rings is 3. The largest absolute Gasteiger partial charge is 0.497 e. The van der Waals surface area contributed by atoms with Gasteiger partial charge in [0.1, 0.15) is 5.75 Å². The monoisotopic (exact) mass is 528 g/mol. The Morgan fingerprint density at radius 3 is 2.15 bits per heavy atom. The van der Waals surface area contributed by atoms with Crippen LogP contribution in [0.5, 0.6) is 5.75 Å². The average Bonchev–Trinajstić information content (AvgIpc) is 3.20. The molecule has 202 valence electrons. The highest BCUT2D eigenvalue weighted by Crippen LogP contribution is 2.29. The zero-order valence-electron chi connectivity index (χ0n) is 22.4. The molecule has 0 aliphatic carbocycles. The molecule has 10 nitrogen and oxygen atoms in total. The second-order valence-corrected chi connectivity index (χ2v) is 8.86. The number of amides is 3. The lowest BCUT2D eigenvalue weighted by Gasteiger charge is -2.31. The lowest BCUT2D eigenvalue weighted by atomic mass is 10.1. The number of carbonyl (C=O) groups excluding carboxylic acids is 3. The highest BCUT2D eigenvalue weighted by molar-refractivity contribution is 6.28. The van der Waals surface area contributed by atoms with E-state index in [1.54, 1.807) is 48.5 Å². The minimum Gasteiger partial charge on any atom is -0.497 e. The summed E-state index contributed by atoms with van der Waals surface area (Å²) in [5, 5.41) is 14.3. The van der Waals surface area contributed by atoms with Gasteiger partial charge in [0.2, 0.25) is 5.91 Å². The first-order chi connectivity index (χ1) is 18.8. The lowest BCUT2D eigenvalue weighted by Crippen LogP contribution is -2.67. The fourth-order valence-electron chi connectivity index (χ4n) is 4.35. The van der Waals surface area contributed by atoms with Crippen molar-refractivity contribution in [2.45, 2.75) is 26.4 Å². The first-order valence-electron chi connectivity index (χ1n) is 12.7. The summed E-state index contributed by atoms with van der Waals surface area (Å²) in [5.41, 5.74) is 0.494. The Morgan fingerprint density at radius 1 is 0.949 bits per heavy atom. The van der Waals surface area contributed by atoms with Gasteiger partial charge >= 0.3 is 5.91 Å². The number of hydrogen-bond donors (Lipinski definition) is 3. The Labute approximate surface area is 227 Å². The van der Waals surface area contributed by atoms with Crippen molar-refractivity contribution in [2.24, 2.45) is 5.10 Å². The van der Waals surface area contributed by atoms with Gasteiger partial charge in [0.15, 0.2) is 5.84 Å². The molecule has 4 rings (SSSR count). The SMILES string of the molecule is CCN(CC)c1ccc(NC2(NC(C)=O)C(=O)N(c3ccccc3)N=C2NC(=O)c2ccc(OC)cc2)cc1. The summed E-state index contributed by atoms with van der Waals surface area (Å²) < 4.78 is 5.17. The number of nitrogens with one attached hydrogen (secondary N) is 3. The summed E-state index contributed by atoms with van der Waals surface area (Å²) in [7, 11) is 1.54. The van der Waals surface area contributed by atoms with Crippen LogP contribution in [0.4, 0.5) is 17.1 Å². The number of para-hydroxylation sites is 1. The number of ether oxygens (including phenoxy) is 1. The van der Waals surface area contributed by atoms with Crippen LogP contribution in [0.25, 0.3) is 0 Å². The molecule has 0 bridgehead atoms. The Bertz CT molecular complexity index is 1350. The van der Waals surface area contributed by atoms with Crippen LogP contribution in [0, 0.1) is 0 Å². The molecule has 39 heavy (non-hydrogen) atoms. The van der Waals surface area contributed by atoms with Crippen molar-refractivity contribution in [3.63, 3.8) is 0 Å². The van der Waals surface area contributed by atoms with E-state index < -0.39 is 23.4 Å². The molecule has 0 aromatic heterocycles. The summed E-state index contributed by atoms with van der Waals surface area (Å²) in [5.74, 6) is -1.05. The van der Waals surface area contributed by atoms with Gasteiger partial charge in [-0.1, -0.05) is 18.2 Å². The molecule has 3 aromatic rings. The van der Waals surface area contributed by atoms with E-state index in [9.17, 15) is 14.4 Å². The van der Waals surface area contributed by atoms with Gasteiger partial charge in [-0.25, -0.2) is 0 Å². The quantitative estimate of drug-likeness (QED) is 0.366. The molecule has 3 aromatic carbocycles. The first-order valence-corrected chi connectivity index (χ1v) is 12.7. The summed E-state index contributed by atoms with van der Waals surface area (Å²) in [6.45, 7) is 7.14. The van der Waals surface area contributed by atoms with E-state index in [0.717, 1.165) is 23.8 Å². The molecular weight excluding hydrogens is 496 g/mol. The third-order valence-electron chi connectivity index (χ3n) is 6.34. The maximum Gasteiger partial charge on any atom is 0.302 e. The first kappa shape index (κ1) is 27.2. The average molecular weight is 529 g/mol. The van der Waals surface area contributed by atoms with Crippen LogP contribution in [-0.4, -0.2) is 49.4 Å². The molecule has 3 N–H and O–H groups in total. The molecule has 0 radical (unpaired) electrons. The molecule has 1 aliphatic rings. The number of carbonyl (C=O) groups is 3. The van der Waals surface area contributed by atoms with Gasteiger partial charge in [-0.2, -0.15) is 5.01 Å². The minimum absolute atomic E-state index is 0.0693. The third kappa shape index (κ3) is 5.69. The van der Waals surface area contributed by atoms with Crippen LogP contribution in [0.3, 0.4) is 0 Å². The van der Waals surface area contributed by atoms with Crippen LogP contribution in [-0.2, 0) is 9.59 Å². The topological polar surface area (TPSA) is 115 Å². The zero-order chi connectivity index (χ0) is 28.0. The summed E-state index contributed by atoms with van der Waals surface area (Å²) in [6.07, 6.45) is 0. The van der Waals surface area contributed by atoms with Crippen molar-refractivity contribution in [3.05, 3.63) is 84.4 Å². The van der Waals surface area contributed by atoms with Crippen molar-refractivity contribution in [1.29, 1.82) is 0 Å². The third-order valence-corrected chi connectivity index (χ3v) is 6.34. The number of hydrazone groups is 1. The summed E-state index contributed by atoms with van der Waals surface area (Å²) in [4.78, 5) is 41.9. The van der Waals surface area contributed by atoms with Crippen molar-refractivity contribution in [2.75, 3.05) is 35.4 Å². The second kappa shape index (κ2) is 11.7. The van der Waals surface area contributed by atoms with Crippen molar-refractivity contribution in [1.82, 2.24) is 10.6 Å². The van der Waals surface area contributed by atoms with Crippen molar-refractivity contribution >= 4 is 40.6 Å². The predicted octanol–water partition coefficient (Wildman–Crippen LogP) is 3.58. The van der Waals surface area contributed by atoms with Gasteiger partial charge in [-0.15, -0.1) is 5.10 Å². The Hall–Kier alpha value is -4.86. The normalized spacial score (nSPS) is 16.4. The molecule has 3 amide bonds. The maximum atomic E-state index is 14.0. The number of methoxy groups -OCH3 is 1. The fraction of sp³-hybridized carbons (Fsp3) is 0.241. The molecule has 1 atom stereocenters. The lowest BCUT2D eigenvalue weighted by molar-refractivity contribution is -0.127. The maximum absolute atomic E-state index is 14.0. The molecule has 0 spiro atoms. The van der Waals surface area contributed by atoms with Gasteiger partial charge in [0.25, 0.3) is 11.6 Å². The smallest absolute Gasteiger partial charge is 0.302 e. The highest BCUT2D eigenvalue weighted by Gasteiger charge is 2.54. The molecule has 0 fully saturated rings. The fourth-order valence-corrected chi connectivity index (χ4v) is 4.35. The van der Waals surface area contributed by atoms with Gasteiger partial charge < -0.3 is 25.6 Å². The van der Waals surface area contributed by atoms with Gasteiger partial charge in [0, 0.05) is 37.0 Å². The van der Waals surface area contributed by atoms with Crippen molar-refractivity contribution < 1.29 is 19.1 Å². The van der Waals surface area contributed by atoms with Crippen LogP contribution in [0.15, 0.2) is 84.0 Å². The van der Waals surface area contributed by atoms with E-state index >= 15 is 0 Å². The Kier molecular flexibility index (Phi) is 8.14. The van der Waals surface area contributed by atoms with Gasteiger partial charge in [-0.05, 0) is 74.5 Å². The number of rotatable bonds is 9. The molecular formula is C29H32N6O4. The highest BCUT2D eigenvalue weighted by atomic mass is 16.5. The molecule has 10 heteroatoms. The molecule has 0 saturated heterocycles. The molecule has 0 saturated carbocycles.